The molecule has 0 spiro atoms. The number of rotatable bonds is 3. The summed E-state index contributed by atoms with van der Waals surface area (Å²) in [4.78, 5) is 15.5. The second-order valence-electron chi connectivity index (χ2n) is 3.20. The van der Waals surface area contributed by atoms with Gasteiger partial charge < -0.3 is 5.73 Å². The third-order valence-electron chi connectivity index (χ3n) is 1.31. The first-order valence-corrected chi connectivity index (χ1v) is 4.04. The number of ketones is 1. The maximum Gasteiger partial charge on any atom is 0.208 e. The Labute approximate surface area is 79.0 Å². The summed E-state index contributed by atoms with van der Waals surface area (Å²) in [7, 11) is 0. The Hall–Kier alpha value is -1.38. The lowest BCUT2D eigenvalue weighted by atomic mass is 10.1. The molecule has 0 aliphatic rings. The van der Waals surface area contributed by atoms with E-state index < -0.39 is 0 Å². The van der Waals surface area contributed by atoms with Crippen molar-refractivity contribution in [1.29, 1.82) is 0 Å². The fraction of sp³-hybridized carbons (Fsp3) is 0.400. The zero-order valence-corrected chi connectivity index (χ0v) is 8.64. The minimum Gasteiger partial charge on any atom is -0.400 e. The zero-order chi connectivity index (χ0) is 10.6. The molecule has 0 fully saturated rings. The van der Waals surface area contributed by atoms with Gasteiger partial charge in [-0.1, -0.05) is 6.58 Å². The first kappa shape index (κ1) is 11.6. The molecule has 0 aromatic rings. The van der Waals surface area contributed by atoms with Gasteiger partial charge in [0.05, 0.1) is 0 Å². The van der Waals surface area contributed by atoms with E-state index >= 15 is 0 Å². The summed E-state index contributed by atoms with van der Waals surface area (Å²) >= 11 is 0. The second kappa shape index (κ2) is 4.60. The Morgan fingerprint density at radius 3 is 1.92 bits per heavy atom. The Morgan fingerprint density at radius 1 is 1.23 bits per heavy atom. The maximum atomic E-state index is 11.5. The number of nitrogens with zero attached hydrogens (tertiary/aromatic N) is 1. The lowest BCUT2D eigenvalue weighted by molar-refractivity contribution is -0.112. The summed E-state index contributed by atoms with van der Waals surface area (Å²) in [5.74, 6) is -0.193. The van der Waals surface area contributed by atoms with Crippen LogP contribution in [0.2, 0.25) is 0 Å². The van der Waals surface area contributed by atoms with Gasteiger partial charge in [0.25, 0.3) is 0 Å². The van der Waals surface area contributed by atoms with E-state index in [0.717, 1.165) is 5.71 Å². The minimum absolute atomic E-state index is 0.193. The molecular weight excluding hydrogens is 164 g/mol. The summed E-state index contributed by atoms with van der Waals surface area (Å²) in [6, 6.07) is 0. The van der Waals surface area contributed by atoms with Gasteiger partial charge in [0.15, 0.2) is 0 Å². The molecule has 0 aromatic heterocycles. The molecule has 0 unspecified atom stereocenters. The summed E-state index contributed by atoms with van der Waals surface area (Å²) in [6.07, 6.45) is 0. The molecule has 13 heavy (non-hydrogen) atoms. The lowest BCUT2D eigenvalue weighted by Gasteiger charge is -2.03. The normalized spacial score (nSPS) is 11.7. The van der Waals surface area contributed by atoms with Crippen LogP contribution in [0.4, 0.5) is 0 Å². The molecule has 72 valence electrons. The zero-order valence-electron chi connectivity index (χ0n) is 8.64. The largest absolute Gasteiger partial charge is 0.400 e. The molecule has 0 bridgehead atoms. The highest BCUT2D eigenvalue weighted by atomic mass is 16.1. The van der Waals surface area contributed by atoms with Crippen LogP contribution in [0, 0.1) is 0 Å². The van der Waals surface area contributed by atoms with Gasteiger partial charge in [-0.15, -0.1) is 0 Å². The molecular formula is C10H16N2O. The number of hydrogen-bond acceptors (Lipinski definition) is 3. The standard InChI is InChI=1S/C10H16N2O/c1-6(2)10(13)9(8(5)11)12-7(3)4/h1,11H2,2-5H3/b9-8+. The average Bonchev–Trinajstić information content (AvgIpc) is 1.97. The summed E-state index contributed by atoms with van der Waals surface area (Å²) in [5, 5.41) is 0. The second-order valence-corrected chi connectivity index (χ2v) is 3.20. The van der Waals surface area contributed by atoms with Crippen molar-refractivity contribution in [3.8, 4) is 0 Å². The van der Waals surface area contributed by atoms with E-state index in [4.69, 9.17) is 5.73 Å². The van der Waals surface area contributed by atoms with E-state index in [1.54, 1.807) is 13.8 Å². The van der Waals surface area contributed by atoms with E-state index in [0.29, 0.717) is 17.0 Å². The highest BCUT2D eigenvalue weighted by molar-refractivity contribution is 6.08. The molecule has 0 aromatic carbocycles. The predicted octanol–water partition coefficient (Wildman–Crippen LogP) is 1.80. The van der Waals surface area contributed by atoms with E-state index in [2.05, 4.69) is 11.6 Å². The van der Waals surface area contributed by atoms with Gasteiger partial charge in [0.2, 0.25) is 5.78 Å². The monoisotopic (exact) mass is 180 g/mol. The van der Waals surface area contributed by atoms with Crippen molar-refractivity contribution in [3.63, 3.8) is 0 Å². The van der Waals surface area contributed by atoms with Gasteiger partial charge in [0, 0.05) is 11.4 Å². The summed E-state index contributed by atoms with van der Waals surface area (Å²) in [5.41, 5.74) is 7.51. The Balaban J connectivity index is 5.10. The molecule has 0 amide bonds. The minimum atomic E-state index is -0.193. The van der Waals surface area contributed by atoms with Gasteiger partial charge in [-0.05, 0) is 33.3 Å². The van der Waals surface area contributed by atoms with Crippen LogP contribution >= 0.6 is 0 Å². The van der Waals surface area contributed by atoms with E-state index in [1.165, 1.54) is 0 Å². The lowest BCUT2D eigenvalue weighted by Crippen LogP contribution is -2.09. The average molecular weight is 180 g/mol. The van der Waals surface area contributed by atoms with Crippen molar-refractivity contribution in [2.24, 2.45) is 10.7 Å². The van der Waals surface area contributed by atoms with Crippen LogP contribution < -0.4 is 5.73 Å². The van der Waals surface area contributed by atoms with Crippen LogP contribution in [0.25, 0.3) is 0 Å². The number of allylic oxidation sites excluding steroid dienone is 2. The number of hydrogen-bond donors (Lipinski definition) is 1. The molecule has 0 aliphatic carbocycles. The first-order valence-electron chi connectivity index (χ1n) is 4.04. The highest BCUT2D eigenvalue weighted by Gasteiger charge is 2.10. The first-order chi connectivity index (χ1) is 5.86. The van der Waals surface area contributed by atoms with Crippen LogP contribution in [0.15, 0.2) is 28.5 Å². The Kier molecular flexibility index (Phi) is 4.11. The van der Waals surface area contributed by atoms with E-state index in [1.807, 2.05) is 13.8 Å². The molecule has 0 saturated carbocycles. The molecule has 3 nitrogen and oxygen atoms in total. The van der Waals surface area contributed by atoms with Crippen molar-refractivity contribution in [1.82, 2.24) is 0 Å². The molecule has 0 saturated heterocycles. The van der Waals surface area contributed by atoms with Gasteiger partial charge in [-0.25, -0.2) is 0 Å². The predicted molar refractivity (Wildman–Crippen MR) is 55.5 cm³/mol. The van der Waals surface area contributed by atoms with Crippen LogP contribution in [-0.2, 0) is 4.79 Å². The van der Waals surface area contributed by atoms with Crippen molar-refractivity contribution in [2.45, 2.75) is 27.7 Å². The van der Waals surface area contributed by atoms with Crippen LogP contribution in [0.3, 0.4) is 0 Å². The number of aliphatic imine (C=N–C) groups is 1. The number of carbonyl (C=O) groups is 1. The van der Waals surface area contributed by atoms with Gasteiger partial charge >= 0.3 is 0 Å². The summed E-state index contributed by atoms with van der Waals surface area (Å²) < 4.78 is 0. The van der Waals surface area contributed by atoms with E-state index in [-0.39, 0.29) is 5.78 Å². The highest BCUT2D eigenvalue weighted by Crippen LogP contribution is 2.08. The summed E-state index contributed by atoms with van der Waals surface area (Å²) in [6.45, 7) is 10.5. The van der Waals surface area contributed by atoms with Gasteiger partial charge in [-0.2, -0.15) is 0 Å². The smallest absolute Gasteiger partial charge is 0.208 e. The van der Waals surface area contributed by atoms with Crippen LogP contribution in [-0.4, -0.2) is 11.5 Å². The third kappa shape index (κ3) is 3.69. The molecule has 3 heteroatoms. The van der Waals surface area contributed by atoms with Crippen LogP contribution in [0.5, 0.6) is 0 Å². The fourth-order valence-electron chi connectivity index (χ4n) is 0.744. The van der Waals surface area contributed by atoms with Crippen molar-refractivity contribution >= 4 is 11.5 Å². The quantitative estimate of drug-likeness (QED) is 0.532. The van der Waals surface area contributed by atoms with Crippen molar-refractivity contribution in [2.75, 3.05) is 0 Å². The molecule has 2 N–H and O–H groups in total. The number of nitrogens with two attached hydrogens (primary N) is 1. The molecule has 0 aliphatic heterocycles. The molecule has 0 atom stereocenters. The van der Waals surface area contributed by atoms with Crippen molar-refractivity contribution in [3.05, 3.63) is 23.5 Å². The van der Waals surface area contributed by atoms with Gasteiger partial charge in [0.1, 0.15) is 5.70 Å². The topological polar surface area (TPSA) is 55.5 Å². The van der Waals surface area contributed by atoms with Gasteiger partial charge in [-0.3, -0.25) is 9.79 Å². The van der Waals surface area contributed by atoms with Crippen molar-refractivity contribution < 1.29 is 4.79 Å². The molecule has 0 heterocycles. The van der Waals surface area contributed by atoms with Crippen LogP contribution in [0.1, 0.15) is 27.7 Å². The number of carbonyl (C=O) groups excluding carboxylic acids is 1. The SMILES string of the molecule is C=C(C)C(=O)/C(N=C(C)C)=C(/C)N. The van der Waals surface area contributed by atoms with E-state index in [9.17, 15) is 4.79 Å². The molecule has 0 rings (SSSR count). The number of Topliss-reactive ketones (excluding diaryl/α,β-unsaturated/α-hetero) is 1. The molecule has 0 radical (unpaired) electrons. The third-order valence-corrected chi connectivity index (χ3v) is 1.31. The Morgan fingerprint density at radius 2 is 1.69 bits per heavy atom. The fourth-order valence-corrected chi connectivity index (χ4v) is 0.744. The Bertz CT molecular complexity index is 290. The maximum absolute atomic E-state index is 11.5.